The summed E-state index contributed by atoms with van der Waals surface area (Å²) in [6, 6.07) is 15.9. The van der Waals surface area contributed by atoms with Crippen molar-refractivity contribution in [1.82, 2.24) is 19.6 Å². The fraction of sp³-hybridized carbons (Fsp3) is 0.250. The Bertz CT molecular complexity index is 1060. The molecule has 0 amide bonds. The summed E-state index contributed by atoms with van der Waals surface area (Å²) in [5.74, 6) is 2.11. The van der Waals surface area contributed by atoms with Crippen molar-refractivity contribution < 1.29 is 0 Å². The summed E-state index contributed by atoms with van der Waals surface area (Å²) in [7, 11) is 0. The van der Waals surface area contributed by atoms with Gasteiger partial charge in [-0.3, -0.25) is 0 Å². The van der Waals surface area contributed by atoms with E-state index in [1.54, 1.807) is 0 Å². The molecule has 5 nitrogen and oxygen atoms in total. The first-order valence-corrected chi connectivity index (χ1v) is 9.10. The van der Waals surface area contributed by atoms with E-state index in [-0.39, 0.29) is 0 Å². The maximum absolute atomic E-state index is 6.16. The van der Waals surface area contributed by atoms with Gasteiger partial charge in [-0.25, -0.2) is 9.38 Å². The van der Waals surface area contributed by atoms with Gasteiger partial charge in [0.15, 0.2) is 5.65 Å². The summed E-state index contributed by atoms with van der Waals surface area (Å²) in [5.41, 5.74) is 2.80. The molecule has 0 aliphatic heterocycles. The summed E-state index contributed by atoms with van der Waals surface area (Å²) < 4.78 is 2.02. The highest BCUT2D eigenvalue weighted by atomic mass is 35.5. The van der Waals surface area contributed by atoms with Crippen molar-refractivity contribution in [3.05, 3.63) is 64.9 Å². The first-order valence-electron chi connectivity index (χ1n) is 8.73. The predicted octanol–water partition coefficient (Wildman–Crippen LogP) is 4.59. The molecule has 0 aliphatic rings. The summed E-state index contributed by atoms with van der Waals surface area (Å²) in [6.07, 6.45) is 0.694. The molecule has 0 bridgehead atoms. The van der Waals surface area contributed by atoms with E-state index in [9.17, 15) is 0 Å². The first-order chi connectivity index (χ1) is 12.6. The third-order valence-electron chi connectivity index (χ3n) is 4.24. The van der Waals surface area contributed by atoms with Gasteiger partial charge in [-0.05, 0) is 29.7 Å². The van der Waals surface area contributed by atoms with Crippen molar-refractivity contribution in [2.45, 2.75) is 20.3 Å². The topological polar surface area (TPSA) is 55.1 Å². The zero-order valence-electron chi connectivity index (χ0n) is 14.8. The van der Waals surface area contributed by atoms with Crippen LogP contribution < -0.4 is 5.32 Å². The molecular formula is C20H20ClN5. The van der Waals surface area contributed by atoms with Crippen LogP contribution in [0.4, 0.5) is 5.95 Å². The SMILES string of the molecule is CC(C)CNc1nc2cc(Cl)ccc2c2nnc(Cc3ccccc3)n12. The second-order valence-electron chi connectivity index (χ2n) is 6.81. The summed E-state index contributed by atoms with van der Waals surface area (Å²) in [6.45, 7) is 5.15. The second kappa shape index (κ2) is 6.92. The Hall–Kier alpha value is -2.66. The maximum Gasteiger partial charge on any atom is 0.210 e. The third kappa shape index (κ3) is 3.22. The predicted molar refractivity (Wildman–Crippen MR) is 106 cm³/mol. The molecule has 132 valence electrons. The Balaban J connectivity index is 1.89. The highest BCUT2D eigenvalue weighted by molar-refractivity contribution is 6.31. The normalized spacial score (nSPS) is 11.5. The van der Waals surface area contributed by atoms with Crippen LogP contribution in [0.5, 0.6) is 0 Å². The second-order valence-corrected chi connectivity index (χ2v) is 7.25. The standard InChI is InChI=1S/C20H20ClN5/c1-13(2)12-22-20-23-17-11-15(21)8-9-16(17)19-25-24-18(26(19)20)10-14-6-4-3-5-7-14/h3-9,11,13H,10,12H2,1-2H3,(H,22,23). The van der Waals surface area contributed by atoms with Crippen molar-refractivity contribution in [3.63, 3.8) is 0 Å². The van der Waals surface area contributed by atoms with Crippen LogP contribution in [0, 0.1) is 5.92 Å². The molecule has 0 unspecified atom stereocenters. The Morgan fingerprint density at radius 3 is 2.65 bits per heavy atom. The van der Waals surface area contributed by atoms with Gasteiger partial charge in [-0.2, -0.15) is 0 Å². The lowest BCUT2D eigenvalue weighted by Crippen LogP contribution is -2.14. The van der Waals surface area contributed by atoms with Crippen LogP contribution in [-0.2, 0) is 6.42 Å². The molecule has 26 heavy (non-hydrogen) atoms. The van der Waals surface area contributed by atoms with E-state index in [1.807, 2.05) is 40.8 Å². The molecular weight excluding hydrogens is 346 g/mol. The van der Waals surface area contributed by atoms with Crippen molar-refractivity contribution in [1.29, 1.82) is 0 Å². The van der Waals surface area contributed by atoms with Gasteiger partial charge < -0.3 is 5.32 Å². The molecule has 0 saturated heterocycles. The van der Waals surface area contributed by atoms with Crippen molar-refractivity contribution in [3.8, 4) is 0 Å². The summed E-state index contributed by atoms with van der Waals surface area (Å²) in [4.78, 5) is 4.80. The average molecular weight is 366 g/mol. The number of rotatable bonds is 5. The zero-order chi connectivity index (χ0) is 18.1. The average Bonchev–Trinajstić information content (AvgIpc) is 3.04. The van der Waals surface area contributed by atoms with Crippen LogP contribution in [-0.4, -0.2) is 26.1 Å². The third-order valence-corrected chi connectivity index (χ3v) is 4.48. The maximum atomic E-state index is 6.16. The van der Waals surface area contributed by atoms with Gasteiger partial charge in [0.1, 0.15) is 5.82 Å². The Labute approximate surface area is 157 Å². The Kier molecular flexibility index (Phi) is 4.47. The van der Waals surface area contributed by atoms with E-state index in [0.717, 1.165) is 34.9 Å². The highest BCUT2D eigenvalue weighted by Crippen LogP contribution is 2.25. The van der Waals surface area contributed by atoms with Crippen molar-refractivity contribution in [2.24, 2.45) is 5.92 Å². The van der Waals surface area contributed by atoms with Gasteiger partial charge in [-0.1, -0.05) is 55.8 Å². The minimum Gasteiger partial charge on any atom is -0.355 e. The Morgan fingerprint density at radius 1 is 1.08 bits per heavy atom. The lowest BCUT2D eigenvalue weighted by molar-refractivity contribution is 0.683. The smallest absolute Gasteiger partial charge is 0.210 e. The number of hydrogen-bond acceptors (Lipinski definition) is 4. The minimum atomic E-state index is 0.496. The molecule has 0 radical (unpaired) electrons. The number of hydrogen-bond donors (Lipinski definition) is 1. The van der Waals surface area contributed by atoms with Crippen LogP contribution in [0.3, 0.4) is 0 Å². The van der Waals surface area contributed by atoms with Crippen LogP contribution >= 0.6 is 11.6 Å². The van der Waals surface area contributed by atoms with Gasteiger partial charge in [-0.15, -0.1) is 10.2 Å². The quantitative estimate of drug-likeness (QED) is 0.562. The summed E-state index contributed by atoms with van der Waals surface area (Å²) in [5, 5.41) is 13.9. The largest absolute Gasteiger partial charge is 0.355 e. The van der Waals surface area contributed by atoms with E-state index < -0.39 is 0 Å². The number of fused-ring (bicyclic) bond motifs is 3. The summed E-state index contributed by atoms with van der Waals surface area (Å²) >= 11 is 6.16. The van der Waals surface area contributed by atoms with E-state index in [4.69, 9.17) is 16.6 Å². The molecule has 0 aliphatic carbocycles. The molecule has 2 heterocycles. The molecule has 2 aromatic heterocycles. The lowest BCUT2D eigenvalue weighted by atomic mass is 10.1. The van der Waals surface area contributed by atoms with Gasteiger partial charge >= 0.3 is 0 Å². The number of halogens is 1. The van der Waals surface area contributed by atoms with Gasteiger partial charge in [0.05, 0.1) is 5.52 Å². The van der Waals surface area contributed by atoms with E-state index in [0.29, 0.717) is 17.4 Å². The molecule has 0 fully saturated rings. The molecule has 0 spiro atoms. The number of anilines is 1. The van der Waals surface area contributed by atoms with Gasteiger partial charge in [0.2, 0.25) is 5.95 Å². The van der Waals surface area contributed by atoms with E-state index >= 15 is 0 Å². The number of aromatic nitrogens is 4. The highest BCUT2D eigenvalue weighted by Gasteiger charge is 2.16. The lowest BCUT2D eigenvalue weighted by Gasteiger charge is -2.13. The number of nitrogens with one attached hydrogen (secondary N) is 1. The zero-order valence-corrected chi connectivity index (χ0v) is 15.5. The fourth-order valence-electron chi connectivity index (χ4n) is 2.97. The molecule has 4 rings (SSSR count). The molecule has 1 N–H and O–H groups in total. The first kappa shape index (κ1) is 16.8. The molecule has 0 atom stereocenters. The van der Waals surface area contributed by atoms with Gasteiger partial charge in [0.25, 0.3) is 0 Å². The van der Waals surface area contributed by atoms with Crippen LogP contribution in [0.25, 0.3) is 16.6 Å². The molecule has 6 heteroatoms. The molecule has 0 saturated carbocycles. The van der Waals surface area contributed by atoms with Crippen molar-refractivity contribution >= 4 is 34.1 Å². The molecule has 2 aromatic carbocycles. The van der Waals surface area contributed by atoms with E-state index in [1.165, 1.54) is 5.56 Å². The van der Waals surface area contributed by atoms with Gasteiger partial charge in [0, 0.05) is 23.4 Å². The van der Waals surface area contributed by atoms with Crippen LogP contribution in [0.15, 0.2) is 48.5 Å². The van der Waals surface area contributed by atoms with E-state index in [2.05, 4.69) is 41.5 Å². The van der Waals surface area contributed by atoms with Crippen LogP contribution in [0.1, 0.15) is 25.2 Å². The number of nitrogens with zero attached hydrogens (tertiary/aromatic N) is 4. The minimum absolute atomic E-state index is 0.496. The van der Waals surface area contributed by atoms with Crippen molar-refractivity contribution in [2.75, 3.05) is 11.9 Å². The van der Waals surface area contributed by atoms with Crippen LogP contribution in [0.2, 0.25) is 5.02 Å². The monoisotopic (exact) mass is 365 g/mol. The molecule has 4 aromatic rings. The number of benzene rings is 2. The Morgan fingerprint density at radius 2 is 1.88 bits per heavy atom. The fourth-order valence-corrected chi connectivity index (χ4v) is 3.14.